The molecule has 2 aliphatic carbocycles. The van der Waals surface area contributed by atoms with Crippen LogP contribution in [0.2, 0.25) is 5.02 Å². The van der Waals surface area contributed by atoms with Gasteiger partial charge in [-0.25, -0.2) is 13.9 Å². The van der Waals surface area contributed by atoms with Gasteiger partial charge < -0.3 is 5.11 Å². The van der Waals surface area contributed by atoms with Gasteiger partial charge in [-0.2, -0.15) is 13.2 Å². The SMILES string of the molecule is CC1(C)[C@H]2CC[C@]1(C)c1[nH]n(-c3ccc(F)cc3Cl)c(=O)c12.O=C(O)C(F)(F)F. The standard InChI is InChI=1S/C17H18ClFN2O.C2HF3O2/c1-16(2)10-6-7-17(16,3)14-13(10)15(22)21(20-14)12-5-4-9(19)8-11(12)18;3-2(4,5)1(6)7/h4-5,8,10,20H,6-7H2,1-3H3;(H,6,7)/t10-,17+;/m0./s1. The normalized spacial score (nSPS) is 24.1. The molecule has 0 radical (unpaired) electrons. The molecule has 0 unspecified atom stereocenters. The van der Waals surface area contributed by atoms with Gasteiger partial charge in [0.05, 0.1) is 10.7 Å². The molecule has 0 spiro atoms. The molecule has 158 valence electrons. The highest BCUT2D eigenvalue weighted by molar-refractivity contribution is 6.32. The van der Waals surface area contributed by atoms with Gasteiger partial charge in [0.1, 0.15) is 5.82 Å². The van der Waals surface area contributed by atoms with Crippen molar-refractivity contribution in [1.82, 2.24) is 9.78 Å². The minimum atomic E-state index is -5.08. The second kappa shape index (κ2) is 6.62. The molecule has 2 aromatic rings. The van der Waals surface area contributed by atoms with Crippen molar-refractivity contribution in [3.63, 3.8) is 0 Å². The number of nitrogens with zero attached hydrogens (tertiary/aromatic N) is 1. The highest BCUT2D eigenvalue weighted by Gasteiger charge is 2.61. The quantitative estimate of drug-likeness (QED) is 0.635. The van der Waals surface area contributed by atoms with Crippen LogP contribution in [-0.4, -0.2) is 27.0 Å². The molecule has 0 saturated heterocycles. The van der Waals surface area contributed by atoms with Crippen LogP contribution in [0.3, 0.4) is 0 Å². The summed E-state index contributed by atoms with van der Waals surface area (Å²) in [6, 6.07) is 4.09. The smallest absolute Gasteiger partial charge is 0.475 e. The van der Waals surface area contributed by atoms with E-state index in [1.165, 1.54) is 16.8 Å². The number of benzene rings is 1. The summed E-state index contributed by atoms with van der Waals surface area (Å²) in [6.07, 6.45) is -2.96. The number of rotatable bonds is 1. The van der Waals surface area contributed by atoms with Crippen LogP contribution in [0.5, 0.6) is 0 Å². The lowest BCUT2D eigenvalue weighted by molar-refractivity contribution is -0.192. The van der Waals surface area contributed by atoms with Gasteiger partial charge in [0.25, 0.3) is 5.56 Å². The summed E-state index contributed by atoms with van der Waals surface area (Å²) < 4.78 is 46.4. The number of hydrogen-bond donors (Lipinski definition) is 2. The Labute approximate surface area is 168 Å². The van der Waals surface area contributed by atoms with Crippen LogP contribution in [0.25, 0.3) is 5.69 Å². The summed E-state index contributed by atoms with van der Waals surface area (Å²) in [5.74, 6) is -2.89. The van der Waals surface area contributed by atoms with Crippen molar-refractivity contribution in [3.05, 3.63) is 50.7 Å². The van der Waals surface area contributed by atoms with E-state index in [1.807, 2.05) is 0 Å². The maximum absolute atomic E-state index is 13.2. The molecular weight excluding hydrogens is 416 g/mol. The number of aliphatic carboxylic acids is 1. The van der Waals surface area contributed by atoms with E-state index in [2.05, 4.69) is 25.9 Å². The number of aromatic nitrogens is 2. The summed E-state index contributed by atoms with van der Waals surface area (Å²) in [5, 5.41) is 10.6. The third-order valence-electron chi connectivity index (χ3n) is 6.45. The highest BCUT2D eigenvalue weighted by Crippen LogP contribution is 2.66. The third kappa shape index (κ3) is 3.15. The molecule has 4 rings (SSSR count). The molecule has 2 atom stereocenters. The van der Waals surface area contributed by atoms with Crippen LogP contribution in [-0.2, 0) is 10.2 Å². The lowest BCUT2D eigenvalue weighted by Gasteiger charge is -2.34. The van der Waals surface area contributed by atoms with Crippen LogP contribution in [0.1, 0.15) is 50.8 Å². The van der Waals surface area contributed by atoms with Crippen molar-refractivity contribution in [3.8, 4) is 5.69 Å². The molecular formula is C19H19ClF4N2O3. The Kier molecular flexibility index (Phi) is 4.89. The largest absolute Gasteiger partial charge is 0.490 e. The van der Waals surface area contributed by atoms with Crippen molar-refractivity contribution in [2.24, 2.45) is 5.41 Å². The lowest BCUT2D eigenvalue weighted by Crippen LogP contribution is -2.33. The van der Waals surface area contributed by atoms with Gasteiger partial charge in [-0.05, 0) is 42.4 Å². The van der Waals surface area contributed by atoms with E-state index in [1.54, 1.807) is 6.07 Å². The Morgan fingerprint density at radius 3 is 2.38 bits per heavy atom. The van der Waals surface area contributed by atoms with Gasteiger partial charge in [-0.3, -0.25) is 9.89 Å². The first kappa shape index (κ1) is 21.4. The summed E-state index contributed by atoms with van der Waals surface area (Å²) in [5.41, 5.74) is 2.43. The number of carbonyl (C=O) groups is 1. The molecule has 0 aliphatic heterocycles. The fraction of sp³-hybridized carbons (Fsp3) is 0.474. The Balaban J connectivity index is 0.000000298. The molecule has 0 amide bonds. The summed E-state index contributed by atoms with van der Waals surface area (Å²) in [7, 11) is 0. The predicted octanol–water partition coefficient (Wildman–Crippen LogP) is 4.77. The first-order valence-electron chi connectivity index (χ1n) is 8.82. The number of nitrogens with one attached hydrogen (secondary N) is 1. The van der Waals surface area contributed by atoms with Crippen LogP contribution < -0.4 is 5.56 Å². The number of halogens is 5. The zero-order chi connectivity index (χ0) is 21.9. The number of carboxylic acid groups (broad SMARTS) is 1. The molecule has 2 bridgehead atoms. The number of aromatic amines is 1. The number of carboxylic acids is 1. The molecule has 1 heterocycles. The molecule has 10 heteroatoms. The van der Waals surface area contributed by atoms with Gasteiger partial charge in [0, 0.05) is 16.7 Å². The van der Waals surface area contributed by atoms with E-state index in [-0.39, 0.29) is 27.3 Å². The molecule has 1 aromatic heterocycles. The van der Waals surface area contributed by atoms with Gasteiger partial charge in [0.15, 0.2) is 0 Å². The van der Waals surface area contributed by atoms with Crippen LogP contribution in [0, 0.1) is 11.2 Å². The van der Waals surface area contributed by atoms with E-state index < -0.39 is 18.0 Å². The maximum atomic E-state index is 13.2. The highest BCUT2D eigenvalue weighted by atomic mass is 35.5. The Morgan fingerprint density at radius 2 is 1.90 bits per heavy atom. The van der Waals surface area contributed by atoms with Gasteiger partial charge in [-0.15, -0.1) is 0 Å². The van der Waals surface area contributed by atoms with E-state index in [0.29, 0.717) is 5.69 Å². The first-order chi connectivity index (χ1) is 13.2. The average Bonchev–Trinajstić information content (AvgIpc) is 3.09. The molecule has 2 aliphatic rings. The molecule has 1 fully saturated rings. The number of alkyl halides is 3. The fourth-order valence-electron chi connectivity index (χ4n) is 4.48. The summed E-state index contributed by atoms with van der Waals surface area (Å²) in [4.78, 5) is 21.8. The van der Waals surface area contributed by atoms with Crippen molar-refractivity contribution >= 4 is 17.6 Å². The lowest BCUT2D eigenvalue weighted by atomic mass is 9.70. The first-order valence-corrected chi connectivity index (χ1v) is 9.20. The fourth-order valence-corrected chi connectivity index (χ4v) is 4.73. The van der Waals surface area contributed by atoms with Crippen LogP contribution >= 0.6 is 11.6 Å². The van der Waals surface area contributed by atoms with Crippen molar-refractivity contribution in [1.29, 1.82) is 0 Å². The van der Waals surface area contributed by atoms with E-state index in [4.69, 9.17) is 21.5 Å². The molecule has 5 nitrogen and oxygen atoms in total. The second-order valence-electron chi connectivity index (χ2n) is 8.08. The van der Waals surface area contributed by atoms with Crippen LogP contribution in [0.15, 0.2) is 23.0 Å². The van der Waals surface area contributed by atoms with E-state index >= 15 is 0 Å². The van der Waals surface area contributed by atoms with Crippen molar-refractivity contribution < 1.29 is 27.5 Å². The van der Waals surface area contributed by atoms with E-state index in [0.717, 1.165) is 24.1 Å². The minimum absolute atomic E-state index is 0.0239. The number of H-pyrrole nitrogens is 1. The zero-order valence-corrected chi connectivity index (χ0v) is 16.6. The van der Waals surface area contributed by atoms with Crippen molar-refractivity contribution in [2.45, 2.75) is 51.1 Å². The van der Waals surface area contributed by atoms with Gasteiger partial charge >= 0.3 is 12.1 Å². The van der Waals surface area contributed by atoms with Crippen LogP contribution in [0.4, 0.5) is 17.6 Å². The molecule has 2 N–H and O–H groups in total. The summed E-state index contributed by atoms with van der Waals surface area (Å²) >= 11 is 6.12. The monoisotopic (exact) mass is 434 g/mol. The van der Waals surface area contributed by atoms with Gasteiger partial charge in [0.2, 0.25) is 0 Å². The average molecular weight is 435 g/mol. The van der Waals surface area contributed by atoms with Gasteiger partial charge in [-0.1, -0.05) is 32.4 Å². The minimum Gasteiger partial charge on any atom is -0.475 e. The maximum Gasteiger partial charge on any atom is 0.490 e. The number of hydrogen-bond acceptors (Lipinski definition) is 2. The molecule has 1 saturated carbocycles. The number of fused-ring (bicyclic) bond motifs is 5. The zero-order valence-electron chi connectivity index (χ0n) is 15.8. The Hall–Kier alpha value is -2.29. The molecule has 1 aromatic carbocycles. The third-order valence-corrected chi connectivity index (χ3v) is 6.75. The van der Waals surface area contributed by atoms with E-state index in [9.17, 15) is 22.4 Å². The van der Waals surface area contributed by atoms with Crippen molar-refractivity contribution in [2.75, 3.05) is 0 Å². The summed E-state index contributed by atoms with van der Waals surface area (Å²) in [6.45, 7) is 6.71. The Morgan fingerprint density at radius 1 is 1.31 bits per heavy atom. The predicted molar refractivity (Wildman–Crippen MR) is 98.2 cm³/mol. The second-order valence-corrected chi connectivity index (χ2v) is 8.49. The molecule has 29 heavy (non-hydrogen) atoms. The Bertz CT molecular complexity index is 1040. The topological polar surface area (TPSA) is 75.1 Å².